The first-order chi connectivity index (χ1) is 17.4. The van der Waals surface area contributed by atoms with Crippen molar-refractivity contribution in [3.63, 3.8) is 0 Å². The molecule has 3 aromatic rings. The molecule has 0 unspecified atom stereocenters. The molecular formula is C28H25NO6S. The van der Waals surface area contributed by atoms with Crippen molar-refractivity contribution < 1.29 is 27.5 Å². The number of hydrogen-bond acceptors (Lipinski definition) is 6. The van der Waals surface area contributed by atoms with E-state index in [1.807, 2.05) is 31.2 Å². The molecule has 0 amide bonds. The van der Waals surface area contributed by atoms with Gasteiger partial charge in [-0.05, 0) is 66.3 Å². The maximum atomic E-state index is 13.2. The third-order valence-electron chi connectivity index (χ3n) is 6.43. The Morgan fingerprint density at radius 1 is 1.00 bits per heavy atom. The van der Waals surface area contributed by atoms with Crippen molar-refractivity contribution in [2.24, 2.45) is 0 Å². The van der Waals surface area contributed by atoms with Crippen LogP contribution in [0.3, 0.4) is 0 Å². The molecule has 1 aliphatic carbocycles. The zero-order valence-electron chi connectivity index (χ0n) is 19.7. The number of para-hydroxylation sites is 1. The van der Waals surface area contributed by atoms with Crippen LogP contribution in [0, 0.1) is 0 Å². The highest BCUT2D eigenvalue weighted by Gasteiger charge is 2.27. The molecule has 5 rings (SSSR count). The molecule has 36 heavy (non-hydrogen) atoms. The number of ether oxygens (including phenoxy) is 2. The summed E-state index contributed by atoms with van der Waals surface area (Å²) < 4.78 is 39.5. The van der Waals surface area contributed by atoms with E-state index in [0.717, 1.165) is 11.1 Å². The first-order valence-corrected chi connectivity index (χ1v) is 13.2. The van der Waals surface area contributed by atoms with Crippen LogP contribution in [0.2, 0.25) is 0 Å². The minimum absolute atomic E-state index is 0.0189. The topological polar surface area (TPSA) is 98.8 Å². The number of ketones is 2. The molecule has 2 aliphatic rings. The van der Waals surface area contributed by atoms with Crippen molar-refractivity contribution in [2.75, 3.05) is 11.5 Å². The molecule has 7 nitrogen and oxygen atoms in total. The van der Waals surface area contributed by atoms with Crippen molar-refractivity contribution in [3.05, 3.63) is 94.6 Å². The molecule has 0 atom stereocenters. The summed E-state index contributed by atoms with van der Waals surface area (Å²) in [6.07, 6.45) is 3.29. The molecule has 0 aromatic heterocycles. The summed E-state index contributed by atoms with van der Waals surface area (Å²) in [7, 11) is -3.92. The largest absolute Gasteiger partial charge is 0.454 e. The second kappa shape index (κ2) is 9.62. The average Bonchev–Trinajstić information content (AvgIpc) is 3.35. The van der Waals surface area contributed by atoms with Crippen LogP contribution in [-0.4, -0.2) is 26.8 Å². The van der Waals surface area contributed by atoms with Crippen LogP contribution in [0.15, 0.2) is 77.2 Å². The predicted octanol–water partition coefficient (Wildman–Crippen LogP) is 4.65. The molecule has 0 radical (unpaired) electrons. The Hall–Kier alpha value is -3.91. The summed E-state index contributed by atoms with van der Waals surface area (Å²) >= 11 is 0. The van der Waals surface area contributed by atoms with Gasteiger partial charge in [0.2, 0.25) is 6.79 Å². The average molecular weight is 504 g/mol. The van der Waals surface area contributed by atoms with E-state index < -0.39 is 15.8 Å². The van der Waals surface area contributed by atoms with E-state index in [4.69, 9.17) is 9.47 Å². The fourth-order valence-electron chi connectivity index (χ4n) is 4.42. The Morgan fingerprint density at radius 3 is 2.64 bits per heavy atom. The molecule has 3 aromatic carbocycles. The number of sulfonamides is 1. The van der Waals surface area contributed by atoms with Crippen LogP contribution in [0.1, 0.15) is 40.4 Å². The van der Waals surface area contributed by atoms with Gasteiger partial charge in [0, 0.05) is 12.0 Å². The highest BCUT2D eigenvalue weighted by atomic mass is 32.2. The zero-order valence-corrected chi connectivity index (χ0v) is 20.6. The van der Waals surface area contributed by atoms with E-state index in [0.29, 0.717) is 42.0 Å². The van der Waals surface area contributed by atoms with Gasteiger partial charge < -0.3 is 9.47 Å². The van der Waals surface area contributed by atoms with Crippen molar-refractivity contribution in [1.82, 2.24) is 0 Å². The fraction of sp³-hybridized carbons (Fsp3) is 0.214. The Labute approximate surface area is 209 Å². The molecule has 1 aliphatic heterocycles. The molecule has 0 bridgehead atoms. The van der Waals surface area contributed by atoms with Crippen molar-refractivity contribution in [2.45, 2.75) is 37.5 Å². The van der Waals surface area contributed by atoms with Crippen molar-refractivity contribution >= 4 is 27.3 Å². The molecule has 0 fully saturated rings. The summed E-state index contributed by atoms with van der Waals surface area (Å²) in [6, 6.07) is 17.2. The van der Waals surface area contributed by atoms with Gasteiger partial charge >= 0.3 is 0 Å². The number of nitrogens with one attached hydrogen (secondary N) is 1. The number of hydrogen-bond donors (Lipinski definition) is 1. The molecule has 0 saturated carbocycles. The number of aryl methyl sites for hydroxylation is 2. The van der Waals surface area contributed by atoms with E-state index in [1.165, 1.54) is 12.1 Å². The Kier molecular flexibility index (Phi) is 6.36. The number of fused-ring (bicyclic) bond motifs is 2. The normalized spacial score (nSPS) is 14.2. The van der Waals surface area contributed by atoms with E-state index in [1.54, 1.807) is 30.3 Å². The van der Waals surface area contributed by atoms with Gasteiger partial charge in [-0.15, -0.1) is 0 Å². The third kappa shape index (κ3) is 4.64. The van der Waals surface area contributed by atoms with Crippen LogP contribution in [0.5, 0.6) is 11.5 Å². The summed E-state index contributed by atoms with van der Waals surface area (Å²) in [5, 5.41) is 0. The summed E-state index contributed by atoms with van der Waals surface area (Å²) in [5.41, 5.74) is 3.32. The van der Waals surface area contributed by atoms with E-state index in [2.05, 4.69) is 4.72 Å². The smallest absolute Gasteiger partial charge is 0.261 e. The van der Waals surface area contributed by atoms with Crippen LogP contribution >= 0.6 is 0 Å². The Balaban J connectivity index is 1.32. The number of rotatable bonds is 8. The first kappa shape index (κ1) is 23.8. The van der Waals surface area contributed by atoms with Crippen LogP contribution in [0.25, 0.3) is 0 Å². The maximum Gasteiger partial charge on any atom is 0.261 e. The van der Waals surface area contributed by atoms with Gasteiger partial charge in [0.25, 0.3) is 10.0 Å². The van der Waals surface area contributed by atoms with Crippen LogP contribution < -0.4 is 14.2 Å². The lowest BCUT2D eigenvalue weighted by molar-refractivity contribution is -0.115. The summed E-state index contributed by atoms with van der Waals surface area (Å²) in [5.74, 6) is 0.598. The van der Waals surface area contributed by atoms with Gasteiger partial charge in [-0.3, -0.25) is 14.3 Å². The van der Waals surface area contributed by atoms with E-state index in [-0.39, 0.29) is 35.0 Å². The summed E-state index contributed by atoms with van der Waals surface area (Å²) in [4.78, 5) is 26.1. The fourth-order valence-corrected chi connectivity index (χ4v) is 5.55. The highest BCUT2D eigenvalue weighted by Crippen LogP contribution is 2.33. The van der Waals surface area contributed by atoms with E-state index >= 15 is 0 Å². The van der Waals surface area contributed by atoms with Crippen molar-refractivity contribution in [1.29, 1.82) is 0 Å². The SMILES string of the molecule is CCc1ccccc1NS(=O)(=O)c1ccc2c(c1)C(=O)C(C(=O)CCc1ccc3c(c1)OCO3)=CC2. The number of benzene rings is 3. The first-order valence-electron chi connectivity index (χ1n) is 11.8. The quantitative estimate of drug-likeness (QED) is 0.450. The number of anilines is 1. The van der Waals surface area contributed by atoms with Gasteiger partial charge in [-0.2, -0.15) is 0 Å². The van der Waals surface area contributed by atoms with Crippen LogP contribution in [0.4, 0.5) is 5.69 Å². The minimum atomic E-state index is -3.92. The predicted molar refractivity (Wildman–Crippen MR) is 135 cm³/mol. The van der Waals surface area contributed by atoms with Gasteiger partial charge in [-0.1, -0.05) is 43.3 Å². The van der Waals surface area contributed by atoms with Gasteiger partial charge in [0.1, 0.15) is 0 Å². The maximum absolute atomic E-state index is 13.2. The Bertz CT molecular complexity index is 1510. The monoisotopic (exact) mass is 503 g/mol. The Morgan fingerprint density at radius 2 is 1.81 bits per heavy atom. The third-order valence-corrected chi connectivity index (χ3v) is 7.79. The molecule has 8 heteroatoms. The number of carbonyl (C=O) groups is 2. The van der Waals surface area contributed by atoms with Gasteiger partial charge in [0.15, 0.2) is 23.1 Å². The highest BCUT2D eigenvalue weighted by molar-refractivity contribution is 7.92. The van der Waals surface area contributed by atoms with Gasteiger partial charge in [-0.25, -0.2) is 8.42 Å². The summed E-state index contributed by atoms with van der Waals surface area (Å²) in [6.45, 7) is 2.12. The molecule has 1 N–H and O–H groups in total. The standard InChI is InChI=1S/C28H25NO6S/c1-2-19-5-3-4-6-24(19)29-36(32,33)21-11-9-20-10-12-22(28(31)23(20)16-21)25(30)13-7-18-8-14-26-27(15-18)35-17-34-26/h3-6,8-9,11-12,14-16,29H,2,7,10,13,17H2,1H3. The zero-order chi connectivity index (χ0) is 25.3. The second-order valence-corrected chi connectivity index (χ2v) is 10.4. The number of Topliss-reactive ketones (excluding diaryl/α,β-unsaturated/α-hetero) is 2. The van der Waals surface area contributed by atoms with Crippen LogP contribution in [-0.2, 0) is 34.1 Å². The number of allylic oxidation sites excluding steroid dienone is 2. The van der Waals surface area contributed by atoms with Gasteiger partial charge in [0.05, 0.1) is 16.2 Å². The molecule has 0 saturated heterocycles. The molecule has 184 valence electrons. The number of carbonyl (C=O) groups excluding carboxylic acids is 2. The lowest BCUT2D eigenvalue weighted by Crippen LogP contribution is -2.21. The molecular weight excluding hydrogens is 478 g/mol. The minimum Gasteiger partial charge on any atom is -0.454 e. The van der Waals surface area contributed by atoms with E-state index in [9.17, 15) is 18.0 Å². The molecule has 1 heterocycles. The second-order valence-electron chi connectivity index (χ2n) is 8.70. The van der Waals surface area contributed by atoms with Crippen molar-refractivity contribution in [3.8, 4) is 11.5 Å². The lowest BCUT2D eigenvalue weighted by atomic mass is 9.87. The molecule has 0 spiro atoms. The lowest BCUT2D eigenvalue weighted by Gasteiger charge is -2.17.